The molecule has 0 saturated heterocycles. The normalized spacial score (nSPS) is 14.6. The Kier molecular flexibility index (Phi) is 4.87. The number of aromatic amines is 1. The summed E-state index contributed by atoms with van der Waals surface area (Å²) in [5.41, 5.74) is 0.285. The van der Waals surface area contributed by atoms with Crippen molar-refractivity contribution in [3.63, 3.8) is 0 Å². The Bertz CT molecular complexity index is 1100. The van der Waals surface area contributed by atoms with Gasteiger partial charge in [-0.05, 0) is 18.2 Å². The van der Waals surface area contributed by atoms with Gasteiger partial charge in [0, 0.05) is 44.0 Å². The van der Waals surface area contributed by atoms with Gasteiger partial charge < -0.3 is 4.98 Å². The van der Waals surface area contributed by atoms with E-state index in [-0.39, 0.29) is 24.2 Å². The molecule has 1 N–H and O–H groups in total. The zero-order valence-corrected chi connectivity index (χ0v) is 15.0. The van der Waals surface area contributed by atoms with E-state index >= 15 is 0 Å². The van der Waals surface area contributed by atoms with Crippen LogP contribution < -0.4 is 5.56 Å². The maximum atomic E-state index is 14.0. The maximum absolute atomic E-state index is 14.0. The highest BCUT2D eigenvalue weighted by Gasteiger charge is 2.31. The van der Waals surface area contributed by atoms with Gasteiger partial charge in [0.2, 0.25) is 0 Å². The van der Waals surface area contributed by atoms with Crippen LogP contribution >= 0.6 is 0 Å². The largest absolute Gasteiger partial charge is 0.416 e. The fourth-order valence-electron chi connectivity index (χ4n) is 3.29. The summed E-state index contributed by atoms with van der Waals surface area (Å²) in [6, 6.07) is 2.35. The first-order chi connectivity index (χ1) is 13.8. The number of hydrogen-bond acceptors (Lipinski definition) is 5. The second-order valence-corrected chi connectivity index (χ2v) is 6.73. The molecule has 0 aliphatic carbocycles. The van der Waals surface area contributed by atoms with E-state index in [4.69, 9.17) is 0 Å². The molecule has 0 radical (unpaired) electrons. The number of benzene rings is 1. The van der Waals surface area contributed by atoms with E-state index in [1.54, 1.807) is 4.90 Å². The van der Waals surface area contributed by atoms with Crippen LogP contribution in [0.2, 0.25) is 0 Å². The minimum atomic E-state index is -4.55. The monoisotopic (exact) mass is 405 g/mol. The maximum Gasteiger partial charge on any atom is 0.416 e. The lowest BCUT2D eigenvalue weighted by Gasteiger charge is -2.28. The number of hydrogen-bond donors (Lipinski definition) is 1. The summed E-state index contributed by atoms with van der Waals surface area (Å²) in [5.74, 6) is -0.359. The first kappa shape index (κ1) is 19.2. The predicted molar refractivity (Wildman–Crippen MR) is 95.1 cm³/mol. The molecule has 10 heteroatoms. The van der Waals surface area contributed by atoms with Crippen molar-refractivity contribution in [2.45, 2.75) is 25.7 Å². The van der Waals surface area contributed by atoms with Gasteiger partial charge in [0.25, 0.3) is 5.56 Å². The van der Waals surface area contributed by atoms with Crippen LogP contribution in [0.5, 0.6) is 0 Å². The van der Waals surface area contributed by atoms with Crippen molar-refractivity contribution in [3.05, 3.63) is 75.5 Å². The number of fused-ring (bicyclic) bond motifs is 1. The van der Waals surface area contributed by atoms with Crippen molar-refractivity contribution in [3.8, 4) is 11.4 Å². The van der Waals surface area contributed by atoms with Crippen LogP contribution in [0.1, 0.15) is 22.4 Å². The number of rotatable bonds is 3. The van der Waals surface area contributed by atoms with Gasteiger partial charge in [0.1, 0.15) is 18.0 Å². The molecular weight excluding hydrogens is 390 g/mol. The van der Waals surface area contributed by atoms with Crippen LogP contribution in [0.4, 0.5) is 17.6 Å². The summed E-state index contributed by atoms with van der Waals surface area (Å²) < 4.78 is 52.8. The number of alkyl halides is 3. The number of H-pyrrole nitrogens is 1. The topological polar surface area (TPSA) is 74.8 Å². The Morgan fingerprint density at radius 1 is 1.17 bits per heavy atom. The van der Waals surface area contributed by atoms with Crippen molar-refractivity contribution < 1.29 is 17.6 Å². The Morgan fingerprint density at radius 3 is 2.66 bits per heavy atom. The Morgan fingerprint density at radius 2 is 1.93 bits per heavy atom. The van der Waals surface area contributed by atoms with E-state index in [9.17, 15) is 22.4 Å². The van der Waals surface area contributed by atoms with Crippen molar-refractivity contribution >= 4 is 0 Å². The third-order valence-electron chi connectivity index (χ3n) is 4.75. The van der Waals surface area contributed by atoms with Gasteiger partial charge in [0.05, 0.1) is 22.4 Å². The van der Waals surface area contributed by atoms with Gasteiger partial charge in [-0.3, -0.25) is 9.69 Å². The number of nitrogens with zero attached hydrogens (tertiary/aromatic N) is 4. The van der Waals surface area contributed by atoms with Crippen LogP contribution in [0.15, 0.2) is 41.7 Å². The zero-order chi connectivity index (χ0) is 20.6. The molecule has 0 atom stereocenters. The lowest BCUT2D eigenvalue weighted by Crippen LogP contribution is -2.35. The highest BCUT2D eigenvalue weighted by atomic mass is 19.4. The Balaban J connectivity index is 1.58. The van der Waals surface area contributed by atoms with Crippen LogP contribution in [0.3, 0.4) is 0 Å². The van der Waals surface area contributed by atoms with Gasteiger partial charge in [0.15, 0.2) is 0 Å². The minimum Gasteiger partial charge on any atom is -0.306 e. The molecule has 4 rings (SSSR count). The third kappa shape index (κ3) is 4.02. The number of aromatic nitrogens is 4. The molecule has 0 bridgehead atoms. The molecule has 3 aromatic rings. The molecule has 1 aliphatic heterocycles. The molecule has 1 aliphatic rings. The number of nitrogens with one attached hydrogen (secondary N) is 1. The van der Waals surface area contributed by atoms with E-state index in [2.05, 4.69) is 19.9 Å². The first-order valence-electron chi connectivity index (χ1n) is 8.76. The van der Waals surface area contributed by atoms with Gasteiger partial charge in [-0.1, -0.05) is 0 Å². The summed E-state index contributed by atoms with van der Waals surface area (Å²) in [4.78, 5) is 29.2. The van der Waals surface area contributed by atoms with Crippen LogP contribution in [0.25, 0.3) is 11.4 Å². The molecule has 150 valence electrons. The summed E-state index contributed by atoms with van der Waals surface area (Å²) in [6.07, 6.45) is 0.299. The van der Waals surface area contributed by atoms with E-state index in [0.29, 0.717) is 41.7 Å². The van der Waals surface area contributed by atoms with Crippen molar-refractivity contribution in [2.24, 2.45) is 0 Å². The second kappa shape index (κ2) is 7.36. The highest BCUT2D eigenvalue weighted by molar-refractivity contribution is 5.52. The summed E-state index contributed by atoms with van der Waals surface area (Å²) in [7, 11) is 0. The fourth-order valence-corrected chi connectivity index (χ4v) is 3.29. The van der Waals surface area contributed by atoms with E-state index < -0.39 is 17.6 Å². The fraction of sp³-hybridized carbons (Fsp3) is 0.263. The van der Waals surface area contributed by atoms with Gasteiger partial charge in [-0.25, -0.2) is 19.3 Å². The van der Waals surface area contributed by atoms with Crippen LogP contribution in [-0.2, 0) is 25.7 Å². The predicted octanol–water partition coefficient (Wildman–Crippen LogP) is 2.94. The van der Waals surface area contributed by atoms with Gasteiger partial charge >= 0.3 is 6.18 Å². The lowest BCUT2D eigenvalue weighted by atomic mass is 10.0. The average Bonchev–Trinajstić information content (AvgIpc) is 2.70. The third-order valence-corrected chi connectivity index (χ3v) is 4.75. The van der Waals surface area contributed by atoms with Crippen LogP contribution in [0, 0.1) is 5.82 Å². The zero-order valence-electron chi connectivity index (χ0n) is 15.0. The SMILES string of the molecule is O=c1[nH]c(-c2cncnc2)nc2c1CN(Cc1cc(C(F)(F)F)ccc1F)CC2. The molecule has 6 nitrogen and oxygen atoms in total. The van der Waals surface area contributed by atoms with E-state index in [1.807, 2.05) is 0 Å². The molecule has 3 heterocycles. The van der Waals surface area contributed by atoms with Crippen molar-refractivity contribution in [1.29, 1.82) is 0 Å². The molecule has 0 amide bonds. The number of halogens is 4. The lowest BCUT2D eigenvalue weighted by molar-refractivity contribution is -0.137. The molecule has 0 spiro atoms. The van der Waals surface area contributed by atoms with E-state index in [0.717, 1.165) is 12.1 Å². The molecule has 1 aromatic carbocycles. The summed E-state index contributed by atoms with van der Waals surface area (Å²) in [6.45, 7) is 0.561. The van der Waals surface area contributed by atoms with Crippen LogP contribution in [-0.4, -0.2) is 31.4 Å². The highest BCUT2D eigenvalue weighted by Crippen LogP contribution is 2.31. The molecule has 2 aromatic heterocycles. The Hall–Kier alpha value is -3.14. The van der Waals surface area contributed by atoms with E-state index in [1.165, 1.54) is 18.7 Å². The smallest absolute Gasteiger partial charge is 0.306 e. The average molecular weight is 405 g/mol. The Labute approximate surface area is 162 Å². The standard InChI is InChI=1S/C19H15F4N5O/c20-15-2-1-13(19(21,22)23)5-11(15)8-28-4-3-16-14(9-28)18(29)27-17(26-16)12-6-24-10-25-7-12/h1-2,5-7,10H,3-4,8-9H2,(H,26,27,29). The molecule has 0 unspecified atom stereocenters. The van der Waals surface area contributed by atoms with Crippen molar-refractivity contribution in [1.82, 2.24) is 24.8 Å². The molecule has 29 heavy (non-hydrogen) atoms. The molecular formula is C19H15F4N5O. The molecule has 0 fully saturated rings. The first-order valence-corrected chi connectivity index (χ1v) is 8.76. The molecule has 0 saturated carbocycles. The van der Waals surface area contributed by atoms with Gasteiger partial charge in [-0.2, -0.15) is 13.2 Å². The van der Waals surface area contributed by atoms with Gasteiger partial charge in [-0.15, -0.1) is 0 Å². The quantitative estimate of drug-likeness (QED) is 0.679. The minimum absolute atomic E-state index is 0.0388. The second-order valence-electron chi connectivity index (χ2n) is 6.73. The van der Waals surface area contributed by atoms with Crippen molar-refractivity contribution in [2.75, 3.05) is 6.54 Å². The summed E-state index contributed by atoms with van der Waals surface area (Å²) in [5, 5.41) is 0. The summed E-state index contributed by atoms with van der Waals surface area (Å²) >= 11 is 0.